The van der Waals surface area contributed by atoms with Gasteiger partial charge in [0.25, 0.3) is 0 Å². The van der Waals surface area contributed by atoms with Crippen molar-refractivity contribution in [3.05, 3.63) is 0 Å². The van der Waals surface area contributed by atoms with E-state index in [-0.39, 0.29) is 17.9 Å². The molecule has 80 valence electrons. The zero-order valence-electron chi connectivity index (χ0n) is 8.49. The van der Waals surface area contributed by atoms with Gasteiger partial charge in [-0.3, -0.25) is 0 Å². The molecule has 0 fully saturated rings. The van der Waals surface area contributed by atoms with Gasteiger partial charge >= 0.3 is 0 Å². The highest BCUT2D eigenvalue weighted by Crippen LogP contribution is 1.96. The van der Waals surface area contributed by atoms with Crippen LogP contribution in [0.25, 0.3) is 0 Å². The van der Waals surface area contributed by atoms with Gasteiger partial charge in [0.05, 0.1) is 18.5 Å². The van der Waals surface area contributed by atoms with Crippen LogP contribution in [-0.2, 0) is 14.6 Å². The van der Waals surface area contributed by atoms with E-state index in [4.69, 9.17) is 10.5 Å². The highest BCUT2D eigenvalue weighted by Gasteiger charge is 2.08. The van der Waals surface area contributed by atoms with Gasteiger partial charge in [0.15, 0.2) is 0 Å². The third kappa shape index (κ3) is 9.79. The maximum atomic E-state index is 10.8. The SMILES string of the molecule is CC(C)OCC(N)CCS(C)(=O)=O. The molecule has 4 nitrogen and oxygen atoms in total. The van der Waals surface area contributed by atoms with Crippen molar-refractivity contribution >= 4 is 9.84 Å². The number of nitrogens with two attached hydrogens (primary N) is 1. The molecule has 0 aliphatic heterocycles. The Morgan fingerprint density at radius 1 is 1.38 bits per heavy atom. The molecular weight excluding hydrogens is 190 g/mol. The summed E-state index contributed by atoms with van der Waals surface area (Å²) in [6, 6.07) is -0.183. The second kappa shape index (κ2) is 5.57. The molecule has 0 rings (SSSR count). The van der Waals surface area contributed by atoms with Gasteiger partial charge in [-0.1, -0.05) is 0 Å². The van der Waals surface area contributed by atoms with Crippen LogP contribution in [0.15, 0.2) is 0 Å². The van der Waals surface area contributed by atoms with Crippen LogP contribution >= 0.6 is 0 Å². The molecule has 0 amide bonds. The van der Waals surface area contributed by atoms with Crippen LogP contribution in [0.1, 0.15) is 20.3 Å². The lowest BCUT2D eigenvalue weighted by Crippen LogP contribution is -2.30. The zero-order valence-corrected chi connectivity index (χ0v) is 9.30. The van der Waals surface area contributed by atoms with Crippen LogP contribution in [0.5, 0.6) is 0 Å². The summed E-state index contributed by atoms with van der Waals surface area (Å²) < 4.78 is 26.8. The van der Waals surface area contributed by atoms with Gasteiger partial charge < -0.3 is 10.5 Å². The van der Waals surface area contributed by atoms with Crippen molar-refractivity contribution in [2.24, 2.45) is 5.73 Å². The van der Waals surface area contributed by atoms with E-state index >= 15 is 0 Å². The van der Waals surface area contributed by atoms with Gasteiger partial charge in [-0.05, 0) is 20.3 Å². The third-order valence-corrected chi connectivity index (χ3v) is 2.48. The first-order valence-corrected chi connectivity index (χ1v) is 6.42. The molecule has 0 aromatic heterocycles. The molecule has 0 aromatic carbocycles. The molecule has 1 atom stereocenters. The standard InChI is InChI=1S/C8H19NO3S/c1-7(2)12-6-8(9)4-5-13(3,10)11/h7-8H,4-6,9H2,1-3H3. The lowest BCUT2D eigenvalue weighted by Gasteiger charge is -2.13. The quantitative estimate of drug-likeness (QED) is 0.677. The van der Waals surface area contributed by atoms with Crippen molar-refractivity contribution in [1.29, 1.82) is 0 Å². The first-order chi connectivity index (χ1) is 5.81. The van der Waals surface area contributed by atoms with Crippen molar-refractivity contribution in [2.45, 2.75) is 32.4 Å². The Balaban J connectivity index is 3.58. The predicted octanol–water partition coefficient (Wildman–Crippen LogP) is 0.173. The van der Waals surface area contributed by atoms with Crippen LogP contribution in [0, 0.1) is 0 Å². The van der Waals surface area contributed by atoms with Crippen LogP contribution in [0.3, 0.4) is 0 Å². The minimum atomic E-state index is -2.89. The van der Waals surface area contributed by atoms with Crippen molar-refractivity contribution in [3.8, 4) is 0 Å². The lowest BCUT2D eigenvalue weighted by atomic mass is 10.2. The average molecular weight is 209 g/mol. The monoisotopic (exact) mass is 209 g/mol. The Labute approximate surface area is 80.4 Å². The predicted molar refractivity (Wildman–Crippen MR) is 53.4 cm³/mol. The second-order valence-electron chi connectivity index (χ2n) is 3.56. The fraction of sp³-hybridized carbons (Fsp3) is 1.00. The summed E-state index contributed by atoms with van der Waals surface area (Å²) >= 11 is 0. The number of hydrogen-bond donors (Lipinski definition) is 1. The molecule has 0 bridgehead atoms. The molecule has 0 spiro atoms. The lowest BCUT2D eigenvalue weighted by molar-refractivity contribution is 0.0679. The van der Waals surface area contributed by atoms with Gasteiger partial charge in [-0.25, -0.2) is 8.42 Å². The number of ether oxygens (including phenoxy) is 1. The molecule has 0 heterocycles. The molecule has 0 saturated heterocycles. The van der Waals surface area contributed by atoms with E-state index in [1.165, 1.54) is 6.26 Å². The fourth-order valence-electron chi connectivity index (χ4n) is 0.765. The van der Waals surface area contributed by atoms with E-state index < -0.39 is 9.84 Å². The van der Waals surface area contributed by atoms with Gasteiger partial charge in [-0.2, -0.15) is 0 Å². The maximum Gasteiger partial charge on any atom is 0.147 e. The molecule has 5 heteroatoms. The molecule has 1 unspecified atom stereocenters. The number of hydrogen-bond acceptors (Lipinski definition) is 4. The Morgan fingerprint density at radius 2 is 1.92 bits per heavy atom. The third-order valence-electron chi connectivity index (χ3n) is 1.50. The molecule has 13 heavy (non-hydrogen) atoms. The fourth-order valence-corrected chi connectivity index (χ4v) is 1.50. The molecular formula is C8H19NO3S. The molecule has 2 N–H and O–H groups in total. The van der Waals surface area contributed by atoms with Crippen LogP contribution in [0.4, 0.5) is 0 Å². The first-order valence-electron chi connectivity index (χ1n) is 4.36. The Hall–Kier alpha value is -0.130. The van der Waals surface area contributed by atoms with E-state index in [9.17, 15) is 8.42 Å². The maximum absolute atomic E-state index is 10.8. The summed E-state index contributed by atoms with van der Waals surface area (Å²) in [7, 11) is -2.89. The summed E-state index contributed by atoms with van der Waals surface area (Å²) in [6.07, 6.45) is 1.82. The van der Waals surface area contributed by atoms with E-state index in [1.807, 2.05) is 13.8 Å². The summed E-state index contributed by atoms with van der Waals surface area (Å²) in [5, 5.41) is 0. The van der Waals surface area contributed by atoms with Crippen LogP contribution in [-0.4, -0.2) is 39.2 Å². The zero-order chi connectivity index (χ0) is 10.5. The van der Waals surface area contributed by atoms with Crippen molar-refractivity contribution in [1.82, 2.24) is 0 Å². The van der Waals surface area contributed by atoms with Crippen molar-refractivity contribution in [2.75, 3.05) is 18.6 Å². The Morgan fingerprint density at radius 3 is 2.31 bits per heavy atom. The smallest absolute Gasteiger partial charge is 0.147 e. The Bertz CT molecular complexity index is 224. The summed E-state index contributed by atoms with van der Waals surface area (Å²) in [4.78, 5) is 0. The average Bonchev–Trinajstić information content (AvgIpc) is 1.95. The summed E-state index contributed by atoms with van der Waals surface area (Å²) in [5.41, 5.74) is 5.64. The second-order valence-corrected chi connectivity index (χ2v) is 5.82. The molecule has 0 aliphatic rings. The topological polar surface area (TPSA) is 69.4 Å². The summed E-state index contributed by atoms with van der Waals surface area (Å²) in [6.45, 7) is 4.26. The van der Waals surface area contributed by atoms with Gasteiger partial charge in [0.1, 0.15) is 9.84 Å². The van der Waals surface area contributed by atoms with Crippen LogP contribution in [0.2, 0.25) is 0 Å². The van der Waals surface area contributed by atoms with Gasteiger partial charge in [-0.15, -0.1) is 0 Å². The van der Waals surface area contributed by atoms with E-state index in [2.05, 4.69) is 0 Å². The normalized spacial score (nSPS) is 14.8. The first kappa shape index (κ1) is 12.9. The molecule has 0 saturated carbocycles. The highest BCUT2D eigenvalue weighted by atomic mass is 32.2. The largest absolute Gasteiger partial charge is 0.377 e. The van der Waals surface area contributed by atoms with E-state index in [0.29, 0.717) is 13.0 Å². The van der Waals surface area contributed by atoms with Gasteiger partial charge in [0, 0.05) is 12.3 Å². The van der Waals surface area contributed by atoms with Crippen LogP contribution < -0.4 is 5.73 Å². The molecule has 0 aliphatic carbocycles. The minimum absolute atomic E-state index is 0.135. The van der Waals surface area contributed by atoms with Crippen molar-refractivity contribution in [3.63, 3.8) is 0 Å². The minimum Gasteiger partial charge on any atom is -0.377 e. The van der Waals surface area contributed by atoms with E-state index in [1.54, 1.807) is 0 Å². The van der Waals surface area contributed by atoms with Gasteiger partial charge in [0.2, 0.25) is 0 Å². The molecule has 0 radical (unpaired) electrons. The highest BCUT2D eigenvalue weighted by molar-refractivity contribution is 7.90. The summed E-state index contributed by atoms with van der Waals surface area (Å²) in [5.74, 6) is 0.135. The number of sulfone groups is 1. The number of rotatable bonds is 6. The molecule has 0 aromatic rings. The Kier molecular flexibility index (Phi) is 5.51. The van der Waals surface area contributed by atoms with Crippen molar-refractivity contribution < 1.29 is 13.2 Å². The van der Waals surface area contributed by atoms with E-state index in [0.717, 1.165) is 0 Å².